The number of sulfonamides is 1. The Kier molecular flexibility index (Phi) is 5.41. The van der Waals surface area contributed by atoms with Gasteiger partial charge in [0.05, 0.1) is 4.90 Å². The van der Waals surface area contributed by atoms with Crippen LogP contribution in [0.25, 0.3) is 0 Å². The summed E-state index contributed by atoms with van der Waals surface area (Å²) < 4.78 is 27.9. The molecule has 0 aromatic heterocycles. The Bertz CT molecular complexity index is 584. The molecule has 1 aromatic carbocycles. The summed E-state index contributed by atoms with van der Waals surface area (Å²) in [5, 5.41) is 3.07. The third-order valence-electron chi connectivity index (χ3n) is 4.63. The van der Waals surface area contributed by atoms with Gasteiger partial charge in [0.2, 0.25) is 10.0 Å². The summed E-state index contributed by atoms with van der Waals surface area (Å²) in [5.41, 5.74) is 1.86. The molecule has 0 spiro atoms. The largest absolute Gasteiger partial charge is 0.316 e. The van der Waals surface area contributed by atoms with Crippen LogP contribution >= 0.6 is 0 Å². The third kappa shape index (κ3) is 3.84. The molecule has 5 heteroatoms. The normalized spacial score (nSPS) is 22.6. The fourth-order valence-corrected chi connectivity index (χ4v) is 4.53. The maximum Gasteiger partial charge on any atom is 0.240 e. The van der Waals surface area contributed by atoms with Crippen LogP contribution in [0.15, 0.2) is 23.1 Å². The van der Waals surface area contributed by atoms with Crippen molar-refractivity contribution in [2.75, 3.05) is 13.6 Å². The van der Waals surface area contributed by atoms with E-state index >= 15 is 0 Å². The summed E-state index contributed by atoms with van der Waals surface area (Å²) in [7, 11) is -1.56. The number of rotatable bonds is 6. The van der Waals surface area contributed by atoms with E-state index < -0.39 is 10.0 Å². The second-order valence-corrected chi connectivity index (χ2v) is 7.83. The van der Waals surface area contributed by atoms with E-state index in [0.29, 0.717) is 29.8 Å². The fraction of sp³-hybridized carbons (Fsp3) is 0.625. The van der Waals surface area contributed by atoms with Crippen LogP contribution < -0.4 is 10.0 Å². The van der Waals surface area contributed by atoms with Gasteiger partial charge in [0.15, 0.2) is 0 Å². The number of hydrogen-bond donors (Lipinski definition) is 2. The zero-order valence-electron chi connectivity index (χ0n) is 13.1. The molecule has 118 valence electrons. The van der Waals surface area contributed by atoms with E-state index in [1.54, 1.807) is 6.07 Å². The predicted octanol–water partition coefficient (Wildman–Crippen LogP) is 2.43. The highest BCUT2D eigenvalue weighted by Crippen LogP contribution is 2.31. The van der Waals surface area contributed by atoms with Crippen LogP contribution in [0.5, 0.6) is 0 Å². The molecule has 0 aliphatic heterocycles. The molecular formula is C16H26N2O2S. The molecule has 2 N–H and O–H groups in total. The third-order valence-corrected chi connectivity index (χ3v) is 6.20. The molecule has 1 aliphatic rings. The Morgan fingerprint density at radius 1 is 1.29 bits per heavy atom. The van der Waals surface area contributed by atoms with Crippen molar-refractivity contribution < 1.29 is 8.42 Å². The van der Waals surface area contributed by atoms with Crippen molar-refractivity contribution in [1.29, 1.82) is 0 Å². The highest BCUT2D eigenvalue weighted by Gasteiger charge is 2.26. The van der Waals surface area contributed by atoms with E-state index in [9.17, 15) is 8.42 Å². The van der Waals surface area contributed by atoms with E-state index in [-0.39, 0.29) is 0 Å². The van der Waals surface area contributed by atoms with Crippen LogP contribution in [-0.2, 0) is 16.6 Å². The lowest BCUT2D eigenvalue weighted by Gasteiger charge is -2.17. The molecule has 0 bridgehead atoms. The zero-order chi connectivity index (χ0) is 15.5. The Morgan fingerprint density at radius 3 is 2.67 bits per heavy atom. The first-order valence-electron chi connectivity index (χ1n) is 7.68. The highest BCUT2D eigenvalue weighted by molar-refractivity contribution is 7.89. The van der Waals surface area contributed by atoms with Crippen LogP contribution in [0, 0.1) is 18.8 Å². The Balaban J connectivity index is 2.14. The van der Waals surface area contributed by atoms with Crippen LogP contribution in [0.3, 0.4) is 0 Å². The maximum absolute atomic E-state index is 12.5. The molecule has 1 aliphatic carbocycles. The molecule has 2 rings (SSSR count). The van der Waals surface area contributed by atoms with Gasteiger partial charge in [0.1, 0.15) is 0 Å². The first-order chi connectivity index (χ1) is 9.95. The minimum Gasteiger partial charge on any atom is -0.316 e. The lowest BCUT2D eigenvalue weighted by molar-refractivity contribution is 0.414. The van der Waals surface area contributed by atoms with E-state index in [1.165, 1.54) is 12.8 Å². The number of nitrogens with one attached hydrogen (secondary N) is 2. The van der Waals surface area contributed by atoms with Gasteiger partial charge in [-0.25, -0.2) is 13.1 Å². The van der Waals surface area contributed by atoms with E-state index in [4.69, 9.17) is 0 Å². The topological polar surface area (TPSA) is 58.2 Å². The monoisotopic (exact) mass is 310 g/mol. The van der Waals surface area contributed by atoms with Gasteiger partial charge in [-0.15, -0.1) is 0 Å². The Morgan fingerprint density at radius 2 is 2.05 bits per heavy atom. The van der Waals surface area contributed by atoms with Crippen molar-refractivity contribution in [3.8, 4) is 0 Å². The van der Waals surface area contributed by atoms with Crippen LogP contribution in [0.1, 0.15) is 37.3 Å². The van der Waals surface area contributed by atoms with Gasteiger partial charge in [-0.3, -0.25) is 0 Å². The quantitative estimate of drug-likeness (QED) is 0.848. The highest BCUT2D eigenvalue weighted by atomic mass is 32.2. The fourth-order valence-electron chi connectivity index (χ4n) is 3.15. The number of hydrogen-bond acceptors (Lipinski definition) is 3. The molecule has 0 radical (unpaired) electrons. The van der Waals surface area contributed by atoms with Crippen molar-refractivity contribution in [2.45, 2.75) is 44.6 Å². The lowest BCUT2D eigenvalue weighted by Crippen LogP contribution is -2.31. The molecule has 4 nitrogen and oxygen atoms in total. The first-order valence-corrected chi connectivity index (χ1v) is 9.16. The second kappa shape index (κ2) is 6.90. The average molecular weight is 310 g/mol. The average Bonchev–Trinajstić information content (AvgIpc) is 2.84. The molecule has 1 saturated carbocycles. The molecular weight excluding hydrogens is 284 g/mol. The van der Waals surface area contributed by atoms with Gasteiger partial charge in [0, 0.05) is 13.1 Å². The minimum atomic E-state index is -3.42. The molecule has 2 unspecified atom stereocenters. The van der Waals surface area contributed by atoms with Crippen molar-refractivity contribution in [3.05, 3.63) is 29.3 Å². The van der Waals surface area contributed by atoms with Gasteiger partial charge >= 0.3 is 0 Å². The predicted molar refractivity (Wildman–Crippen MR) is 85.6 cm³/mol. The van der Waals surface area contributed by atoms with Crippen molar-refractivity contribution in [2.24, 2.45) is 11.8 Å². The minimum absolute atomic E-state index is 0.404. The molecule has 0 saturated heterocycles. The Labute approximate surface area is 128 Å². The maximum atomic E-state index is 12.5. The summed E-state index contributed by atoms with van der Waals surface area (Å²) in [4.78, 5) is 0.404. The van der Waals surface area contributed by atoms with Gasteiger partial charge in [0.25, 0.3) is 0 Å². The first kappa shape index (κ1) is 16.5. The number of benzene rings is 1. The second-order valence-electron chi connectivity index (χ2n) is 6.09. The molecule has 0 heterocycles. The SMILES string of the molecule is CNCc1cccc(S(=O)(=O)NCC2CCCC2C)c1C. The van der Waals surface area contributed by atoms with Crippen LogP contribution in [0.4, 0.5) is 0 Å². The zero-order valence-corrected chi connectivity index (χ0v) is 14.0. The van der Waals surface area contributed by atoms with Crippen LogP contribution in [-0.4, -0.2) is 22.0 Å². The van der Waals surface area contributed by atoms with E-state index in [0.717, 1.165) is 17.5 Å². The van der Waals surface area contributed by atoms with Crippen molar-refractivity contribution >= 4 is 10.0 Å². The van der Waals surface area contributed by atoms with E-state index in [2.05, 4.69) is 17.0 Å². The standard InChI is InChI=1S/C16H26N2O2S/c1-12-6-4-7-14(12)11-18-21(19,20)16-9-5-8-15(10-17-3)13(16)2/h5,8-9,12,14,17-18H,4,6-7,10-11H2,1-3H3. The summed E-state index contributed by atoms with van der Waals surface area (Å²) >= 11 is 0. The van der Waals surface area contributed by atoms with Crippen molar-refractivity contribution in [1.82, 2.24) is 10.0 Å². The smallest absolute Gasteiger partial charge is 0.240 e. The molecule has 0 amide bonds. The molecule has 2 atom stereocenters. The summed E-state index contributed by atoms with van der Waals surface area (Å²) in [5.74, 6) is 1.09. The molecule has 21 heavy (non-hydrogen) atoms. The van der Waals surface area contributed by atoms with Gasteiger partial charge in [-0.2, -0.15) is 0 Å². The van der Waals surface area contributed by atoms with Gasteiger partial charge in [-0.05, 0) is 49.4 Å². The summed E-state index contributed by atoms with van der Waals surface area (Å²) in [6.45, 7) is 5.32. The molecule has 1 fully saturated rings. The summed E-state index contributed by atoms with van der Waals surface area (Å²) in [6.07, 6.45) is 3.55. The van der Waals surface area contributed by atoms with Gasteiger partial charge < -0.3 is 5.32 Å². The van der Waals surface area contributed by atoms with Crippen molar-refractivity contribution in [3.63, 3.8) is 0 Å². The van der Waals surface area contributed by atoms with Gasteiger partial charge in [-0.1, -0.05) is 31.9 Å². The summed E-state index contributed by atoms with van der Waals surface area (Å²) in [6, 6.07) is 5.46. The van der Waals surface area contributed by atoms with E-state index in [1.807, 2.05) is 26.1 Å². The Hall–Kier alpha value is -0.910. The molecule has 1 aromatic rings. The lowest BCUT2D eigenvalue weighted by atomic mass is 9.99. The van der Waals surface area contributed by atoms with Crippen LogP contribution in [0.2, 0.25) is 0 Å².